The van der Waals surface area contributed by atoms with Crippen molar-refractivity contribution in [3.63, 3.8) is 0 Å². The van der Waals surface area contributed by atoms with Gasteiger partial charge in [0.2, 0.25) is 0 Å². The molecular formula is C17H23N3O. The molecule has 0 aliphatic rings. The Bertz CT molecular complexity index is 552. The first-order valence-corrected chi connectivity index (χ1v) is 7.27. The molecule has 1 aromatic heterocycles. The highest BCUT2D eigenvalue weighted by atomic mass is 16.5. The number of aromatic nitrogens is 1. The molecule has 1 aromatic carbocycles. The molecule has 21 heavy (non-hydrogen) atoms. The van der Waals surface area contributed by atoms with Crippen molar-refractivity contribution in [3.8, 4) is 5.75 Å². The van der Waals surface area contributed by atoms with Crippen molar-refractivity contribution >= 4 is 11.4 Å². The van der Waals surface area contributed by atoms with Crippen molar-refractivity contribution in [3.05, 3.63) is 48.3 Å². The smallest absolute Gasteiger partial charge is 0.119 e. The number of rotatable bonds is 7. The molecule has 4 nitrogen and oxygen atoms in total. The van der Waals surface area contributed by atoms with Crippen LogP contribution >= 0.6 is 0 Å². The van der Waals surface area contributed by atoms with Gasteiger partial charge in [-0.05, 0) is 30.2 Å². The zero-order valence-electron chi connectivity index (χ0n) is 13.0. The van der Waals surface area contributed by atoms with Crippen molar-refractivity contribution in [1.29, 1.82) is 0 Å². The summed E-state index contributed by atoms with van der Waals surface area (Å²) in [7, 11) is 4.06. The minimum Gasteiger partial charge on any atom is -0.494 e. The highest BCUT2D eigenvalue weighted by Crippen LogP contribution is 2.23. The molecule has 2 rings (SSSR count). The van der Waals surface area contributed by atoms with Crippen LogP contribution in [0.15, 0.2) is 42.7 Å². The predicted octanol–water partition coefficient (Wildman–Crippen LogP) is 3.55. The van der Waals surface area contributed by atoms with Crippen LogP contribution in [0.2, 0.25) is 0 Å². The Morgan fingerprint density at radius 2 is 1.90 bits per heavy atom. The lowest BCUT2D eigenvalue weighted by atomic mass is 10.2. The van der Waals surface area contributed by atoms with Gasteiger partial charge >= 0.3 is 0 Å². The normalized spacial score (nSPS) is 10.2. The van der Waals surface area contributed by atoms with Gasteiger partial charge in [-0.1, -0.05) is 19.1 Å². The molecule has 0 aliphatic heterocycles. The lowest BCUT2D eigenvalue weighted by molar-refractivity contribution is 0.317. The second kappa shape index (κ2) is 7.53. The Morgan fingerprint density at radius 3 is 2.57 bits per heavy atom. The average Bonchev–Trinajstić information content (AvgIpc) is 2.52. The Kier molecular flexibility index (Phi) is 5.43. The molecular weight excluding hydrogens is 262 g/mol. The topological polar surface area (TPSA) is 37.4 Å². The second-order valence-corrected chi connectivity index (χ2v) is 5.13. The Labute approximate surface area is 126 Å². The van der Waals surface area contributed by atoms with Crippen LogP contribution in [0.4, 0.5) is 11.4 Å². The van der Waals surface area contributed by atoms with E-state index in [0.717, 1.165) is 36.7 Å². The van der Waals surface area contributed by atoms with Crippen LogP contribution in [0, 0.1) is 0 Å². The molecule has 0 saturated heterocycles. The van der Waals surface area contributed by atoms with Crippen molar-refractivity contribution in [2.45, 2.75) is 19.9 Å². The molecule has 0 unspecified atom stereocenters. The number of benzene rings is 1. The summed E-state index contributed by atoms with van der Waals surface area (Å²) < 4.78 is 5.59. The number of hydrogen-bond donors (Lipinski definition) is 1. The zero-order valence-corrected chi connectivity index (χ0v) is 13.0. The zero-order chi connectivity index (χ0) is 15.1. The first-order valence-electron chi connectivity index (χ1n) is 7.27. The molecule has 0 spiro atoms. The number of ether oxygens (including phenoxy) is 1. The lowest BCUT2D eigenvalue weighted by Crippen LogP contribution is -2.12. The van der Waals surface area contributed by atoms with E-state index in [1.54, 1.807) is 6.20 Å². The Balaban J connectivity index is 1.97. The van der Waals surface area contributed by atoms with E-state index in [4.69, 9.17) is 4.74 Å². The van der Waals surface area contributed by atoms with Gasteiger partial charge in [0.05, 0.1) is 24.2 Å². The fourth-order valence-corrected chi connectivity index (χ4v) is 2.03. The van der Waals surface area contributed by atoms with E-state index in [-0.39, 0.29) is 0 Å². The van der Waals surface area contributed by atoms with E-state index >= 15 is 0 Å². The molecule has 4 heteroatoms. The van der Waals surface area contributed by atoms with Crippen LogP contribution < -0.4 is 15.0 Å². The van der Waals surface area contributed by atoms with Gasteiger partial charge in [0.1, 0.15) is 5.75 Å². The minimum atomic E-state index is 0.763. The largest absolute Gasteiger partial charge is 0.494 e. The van der Waals surface area contributed by atoms with E-state index in [9.17, 15) is 0 Å². The monoisotopic (exact) mass is 285 g/mol. The van der Waals surface area contributed by atoms with Crippen molar-refractivity contribution in [1.82, 2.24) is 4.98 Å². The first kappa shape index (κ1) is 15.2. The fraction of sp³-hybridized carbons (Fsp3) is 0.353. The van der Waals surface area contributed by atoms with E-state index < -0.39 is 0 Å². The number of pyridine rings is 1. The summed E-state index contributed by atoms with van der Waals surface area (Å²) in [4.78, 5) is 6.25. The number of anilines is 2. The van der Waals surface area contributed by atoms with Crippen LogP contribution in [0.5, 0.6) is 5.75 Å². The van der Waals surface area contributed by atoms with Crippen LogP contribution in [0.3, 0.4) is 0 Å². The minimum absolute atomic E-state index is 0.763. The summed E-state index contributed by atoms with van der Waals surface area (Å²) in [6.45, 7) is 3.63. The molecule has 0 radical (unpaired) electrons. The van der Waals surface area contributed by atoms with Crippen LogP contribution in [0.1, 0.15) is 18.9 Å². The van der Waals surface area contributed by atoms with Crippen molar-refractivity contribution < 1.29 is 4.74 Å². The SMILES string of the molecule is CCCOc1ccc(CNc2cnccc2N(C)C)cc1. The van der Waals surface area contributed by atoms with Gasteiger partial charge in [0.15, 0.2) is 0 Å². The van der Waals surface area contributed by atoms with Crippen LogP contribution in [-0.4, -0.2) is 25.7 Å². The molecule has 0 aliphatic carbocycles. The second-order valence-electron chi connectivity index (χ2n) is 5.13. The fourth-order valence-electron chi connectivity index (χ4n) is 2.03. The van der Waals surface area contributed by atoms with Gasteiger partial charge in [0, 0.05) is 26.8 Å². The highest BCUT2D eigenvalue weighted by Gasteiger charge is 2.04. The standard InChI is InChI=1S/C17H23N3O/c1-4-11-21-15-7-5-14(6-8-15)12-19-16-13-18-10-9-17(16)20(2)3/h5-10,13,19H,4,11-12H2,1-3H3. The first-order chi connectivity index (χ1) is 10.2. The maximum absolute atomic E-state index is 5.59. The van der Waals surface area contributed by atoms with Gasteiger partial charge < -0.3 is 15.0 Å². The summed E-state index contributed by atoms with van der Waals surface area (Å²) >= 11 is 0. The van der Waals surface area contributed by atoms with E-state index in [1.165, 1.54) is 5.56 Å². The molecule has 0 atom stereocenters. The maximum atomic E-state index is 5.59. The van der Waals surface area contributed by atoms with Crippen LogP contribution in [0.25, 0.3) is 0 Å². The van der Waals surface area contributed by atoms with Gasteiger partial charge in [-0.3, -0.25) is 4.98 Å². The summed E-state index contributed by atoms with van der Waals surface area (Å²) in [5.41, 5.74) is 3.38. The Morgan fingerprint density at radius 1 is 1.14 bits per heavy atom. The molecule has 1 N–H and O–H groups in total. The molecule has 0 amide bonds. The molecule has 112 valence electrons. The third kappa shape index (κ3) is 4.38. The molecule has 2 aromatic rings. The van der Waals surface area contributed by atoms with Gasteiger partial charge in [-0.15, -0.1) is 0 Å². The van der Waals surface area contributed by atoms with Gasteiger partial charge in [0.25, 0.3) is 0 Å². The van der Waals surface area contributed by atoms with Crippen LogP contribution in [-0.2, 0) is 6.54 Å². The van der Waals surface area contributed by atoms with Gasteiger partial charge in [-0.2, -0.15) is 0 Å². The number of hydrogen-bond acceptors (Lipinski definition) is 4. The van der Waals surface area contributed by atoms with E-state index in [1.807, 2.05) is 38.5 Å². The van der Waals surface area contributed by atoms with E-state index in [2.05, 4.69) is 34.3 Å². The Hall–Kier alpha value is -2.23. The van der Waals surface area contributed by atoms with Crippen molar-refractivity contribution in [2.75, 3.05) is 30.9 Å². The average molecular weight is 285 g/mol. The highest BCUT2D eigenvalue weighted by molar-refractivity contribution is 5.68. The summed E-state index contributed by atoms with van der Waals surface area (Å²) in [5, 5.41) is 3.43. The molecule has 0 saturated carbocycles. The molecule has 1 heterocycles. The summed E-state index contributed by atoms with van der Waals surface area (Å²) in [6, 6.07) is 10.2. The third-order valence-electron chi connectivity index (χ3n) is 3.16. The van der Waals surface area contributed by atoms with Gasteiger partial charge in [-0.25, -0.2) is 0 Å². The summed E-state index contributed by atoms with van der Waals surface area (Å²) in [6.07, 6.45) is 4.69. The lowest BCUT2D eigenvalue weighted by Gasteiger charge is -2.18. The molecule has 0 fully saturated rings. The maximum Gasteiger partial charge on any atom is 0.119 e. The third-order valence-corrected chi connectivity index (χ3v) is 3.16. The summed E-state index contributed by atoms with van der Waals surface area (Å²) in [5.74, 6) is 0.927. The van der Waals surface area contributed by atoms with E-state index in [0.29, 0.717) is 0 Å². The number of nitrogens with one attached hydrogen (secondary N) is 1. The number of nitrogens with zero attached hydrogens (tertiary/aromatic N) is 2. The predicted molar refractivity (Wildman–Crippen MR) is 88.1 cm³/mol. The quantitative estimate of drug-likeness (QED) is 0.844. The molecule has 0 bridgehead atoms. The van der Waals surface area contributed by atoms with Crippen molar-refractivity contribution in [2.24, 2.45) is 0 Å².